The quantitative estimate of drug-likeness (QED) is 0.217. The van der Waals surface area contributed by atoms with Crippen LogP contribution in [-0.2, 0) is 4.74 Å². The van der Waals surface area contributed by atoms with Crippen molar-refractivity contribution in [3.8, 4) is 0 Å². The summed E-state index contributed by atoms with van der Waals surface area (Å²) in [5, 5.41) is 28.7. The van der Waals surface area contributed by atoms with Crippen LogP contribution in [0.5, 0.6) is 0 Å². The highest BCUT2D eigenvalue weighted by atomic mass is 16.6. The first-order valence-electron chi connectivity index (χ1n) is 11.7. The maximum Gasteiger partial charge on any atom is 0.407 e. The van der Waals surface area contributed by atoms with Gasteiger partial charge in [-0.05, 0) is 58.2 Å². The molecule has 4 N–H and O–H groups in total. The van der Waals surface area contributed by atoms with Crippen LogP contribution in [0.2, 0.25) is 0 Å². The number of ether oxygens (including phenoxy) is 1. The van der Waals surface area contributed by atoms with E-state index in [4.69, 9.17) is 10.1 Å². The molecule has 0 radical (unpaired) electrons. The van der Waals surface area contributed by atoms with Gasteiger partial charge in [0.05, 0.1) is 4.92 Å². The van der Waals surface area contributed by atoms with Crippen LogP contribution in [0.15, 0.2) is 30.5 Å². The predicted octanol–water partition coefficient (Wildman–Crippen LogP) is 5.15. The van der Waals surface area contributed by atoms with Gasteiger partial charge >= 0.3 is 11.8 Å². The fraction of sp³-hybridized carbons (Fsp3) is 0.500. The fourth-order valence-corrected chi connectivity index (χ4v) is 3.81. The van der Waals surface area contributed by atoms with Gasteiger partial charge in [0.15, 0.2) is 0 Å². The second kappa shape index (κ2) is 11.1. The molecule has 1 aliphatic rings. The normalized spacial score (nSPS) is 14.7. The van der Waals surface area contributed by atoms with Gasteiger partial charge in [-0.2, -0.15) is 4.98 Å². The minimum absolute atomic E-state index is 0.152. The van der Waals surface area contributed by atoms with E-state index in [9.17, 15) is 14.9 Å². The number of aromatic nitrogens is 2. The lowest BCUT2D eigenvalue weighted by Gasteiger charge is -2.22. The molecule has 1 heterocycles. The van der Waals surface area contributed by atoms with Crippen LogP contribution in [0.3, 0.4) is 0 Å². The Kier molecular flexibility index (Phi) is 8.21. The van der Waals surface area contributed by atoms with Gasteiger partial charge in [-0.15, -0.1) is 0 Å². The summed E-state index contributed by atoms with van der Waals surface area (Å²) in [7, 11) is 0. The number of nitrogens with zero attached hydrogens (tertiary/aromatic N) is 3. The molecular formula is C24H33N7O4. The number of anilines is 3. The molecule has 1 atom stereocenters. The third-order valence-electron chi connectivity index (χ3n) is 5.43. The lowest BCUT2D eigenvalue weighted by Crippen LogP contribution is -2.38. The summed E-state index contributed by atoms with van der Waals surface area (Å²) in [6.07, 6.45) is 5.15. The van der Waals surface area contributed by atoms with E-state index in [0.29, 0.717) is 23.4 Å². The molecule has 1 fully saturated rings. The van der Waals surface area contributed by atoms with Gasteiger partial charge < -0.3 is 26.1 Å². The van der Waals surface area contributed by atoms with Crippen LogP contribution in [0.25, 0.3) is 0 Å². The summed E-state index contributed by atoms with van der Waals surface area (Å²) in [5.74, 6) is 0.457. The minimum Gasteiger partial charge on any atom is -0.444 e. The van der Waals surface area contributed by atoms with E-state index in [1.807, 2.05) is 6.92 Å². The molecule has 1 aliphatic carbocycles. The van der Waals surface area contributed by atoms with Crippen molar-refractivity contribution >= 4 is 34.9 Å². The van der Waals surface area contributed by atoms with Crippen LogP contribution in [0.1, 0.15) is 65.4 Å². The van der Waals surface area contributed by atoms with E-state index in [-0.39, 0.29) is 29.5 Å². The average molecular weight is 484 g/mol. The van der Waals surface area contributed by atoms with E-state index >= 15 is 0 Å². The highest BCUT2D eigenvalue weighted by Gasteiger charge is 2.23. The Morgan fingerprint density at radius 2 is 1.91 bits per heavy atom. The molecule has 2 aromatic rings. The van der Waals surface area contributed by atoms with Crippen molar-refractivity contribution in [2.75, 3.05) is 10.6 Å². The second-order valence-corrected chi connectivity index (χ2v) is 9.74. The van der Waals surface area contributed by atoms with Crippen molar-refractivity contribution in [1.29, 1.82) is 5.41 Å². The monoisotopic (exact) mass is 483 g/mol. The second-order valence-electron chi connectivity index (χ2n) is 9.74. The van der Waals surface area contributed by atoms with Gasteiger partial charge in [-0.1, -0.05) is 25.0 Å². The highest BCUT2D eigenvalue weighted by molar-refractivity contribution is 5.99. The third-order valence-corrected chi connectivity index (χ3v) is 5.43. The zero-order valence-corrected chi connectivity index (χ0v) is 20.6. The molecule has 1 saturated carbocycles. The molecule has 0 aliphatic heterocycles. The average Bonchev–Trinajstić information content (AvgIpc) is 3.25. The Bertz CT molecular complexity index is 1060. The van der Waals surface area contributed by atoms with Crippen molar-refractivity contribution in [2.24, 2.45) is 0 Å². The Morgan fingerprint density at radius 3 is 2.51 bits per heavy atom. The van der Waals surface area contributed by atoms with Crippen LogP contribution >= 0.6 is 0 Å². The molecule has 11 nitrogen and oxygen atoms in total. The van der Waals surface area contributed by atoms with Gasteiger partial charge in [-0.25, -0.2) is 9.78 Å². The first-order valence-corrected chi connectivity index (χ1v) is 11.7. The molecular weight excluding hydrogens is 450 g/mol. The molecule has 188 valence electrons. The Balaban J connectivity index is 1.61. The number of nitro groups is 1. The van der Waals surface area contributed by atoms with E-state index < -0.39 is 16.6 Å². The zero-order chi connectivity index (χ0) is 25.6. The highest BCUT2D eigenvalue weighted by Crippen LogP contribution is 2.28. The third kappa shape index (κ3) is 7.90. The molecule has 3 rings (SSSR count). The van der Waals surface area contributed by atoms with E-state index in [1.54, 1.807) is 45.0 Å². The number of benzene rings is 1. The van der Waals surface area contributed by atoms with Gasteiger partial charge in [0.25, 0.3) is 0 Å². The summed E-state index contributed by atoms with van der Waals surface area (Å²) >= 11 is 0. The predicted molar refractivity (Wildman–Crippen MR) is 135 cm³/mol. The zero-order valence-electron chi connectivity index (χ0n) is 20.6. The summed E-state index contributed by atoms with van der Waals surface area (Å²) in [6.45, 7) is 7.20. The Morgan fingerprint density at radius 1 is 1.26 bits per heavy atom. The van der Waals surface area contributed by atoms with Crippen molar-refractivity contribution < 1.29 is 14.5 Å². The number of hydrogen-bond acceptors (Lipinski definition) is 9. The topological polar surface area (TPSA) is 155 Å². The maximum absolute atomic E-state index is 11.9. The molecule has 0 saturated heterocycles. The smallest absolute Gasteiger partial charge is 0.407 e. The van der Waals surface area contributed by atoms with E-state index in [2.05, 4.69) is 25.9 Å². The number of hydrogen-bond donors (Lipinski definition) is 4. The summed E-state index contributed by atoms with van der Waals surface area (Å²) in [5.41, 5.74) is 1.03. The number of alkyl carbamates (subject to hydrolysis) is 1. The molecule has 1 aromatic carbocycles. The Labute approximate surface area is 204 Å². The van der Waals surface area contributed by atoms with Gasteiger partial charge in [0, 0.05) is 29.9 Å². The van der Waals surface area contributed by atoms with E-state index in [0.717, 1.165) is 25.7 Å². The largest absolute Gasteiger partial charge is 0.444 e. The lowest BCUT2D eigenvalue weighted by atomic mass is 10.0. The van der Waals surface area contributed by atoms with Crippen LogP contribution in [0.4, 0.5) is 27.9 Å². The van der Waals surface area contributed by atoms with Crippen LogP contribution < -0.4 is 16.0 Å². The van der Waals surface area contributed by atoms with Crippen molar-refractivity contribution in [3.05, 3.63) is 46.1 Å². The van der Waals surface area contributed by atoms with Crippen molar-refractivity contribution in [2.45, 2.75) is 77.5 Å². The van der Waals surface area contributed by atoms with Gasteiger partial charge in [0.1, 0.15) is 11.8 Å². The molecule has 35 heavy (non-hydrogen) atoms. The lowest BCUT2D eigenvalue weighted by molar-refractivity contribution is -0.384. The molecule has 11 heteroatoms. The molecule has 0 spiro atoms. The molecule has 1 amide bonds. The number of amides is 1. The molecule has 0 bridgehead atoms. The number of nitrogens with one attached hydrogen (secondary N) is 4. The maximum atomic E-state index is 11.9. The van der Waals surface area contributed by atoms with Crippen molar-refractivity contribution in [3.63, 3.8) is 0 Å². The SMILES string of the molecule is CC(CC(=N)c1ccc(Nc2ncc([N+](=O)[O-])c(NC3CCCC3)n2)cc1)NC(=O)OC(C)(C)C. The summed E-state index contributed by atoms with van der Waals surface area (Å²) in [6, 6.07) is 7.04. The standard InChI is InChI=1S/C24H33N7O4/c1-15(27-23(32)35-24(2,3)4)13-19(25)16-9-11-18(12-10-16)29-22-26-14-20(31(33)34)21(30-22)28-17-7-5-6-8-17/h9-12,14-15,17,25H,5-8,13H2,1-4H3,(H,27,32)(H2,26,28,29,30). The number of rotatable bonds is 9. The van der Waals surface area contributed by atoms with Crippen LogP contribution in [0, 0.1) is 15.5 Å². The number of carbonyl (C=O) groups excluding carboxylic acids is 1. The molecule has 1 unspecified atom stereocenters. The summed E-state index contributed by atoms with van der Waals surface area (Å²) < 4.78 is 5.25. The summed E-state index contributed by atoms with van der Waals surface area (Å²) in [4.78, 5) is 31.2. The first-order chi connectivity index (χ1) is 16.5. The number of carbonyl (C=O) groups is 1. The Hall–Kier alpha value is -3.76. The molecule has 1 aromatic heterocycles. The van der Waals surface area contributed by atoms with E-state index in [1.165, 1.54) is 6.20 Å². The minimum atomic E-state index is -0.582. The van der Waals surface area contributed by atoms with Gasteiger partial charge in [-0.3, -0.25) is 10.1 Å². The van der Waals surface area contributed by atoms with Gasteiger partial charge in [0.2, 0.25) is 11.8 Å². The fourth-order valence-electron chi connectivity index (χ4n) is 3.81. The first kappa shape index (κ1) is 25.9. The van der Waals surface area contributed by atoms with Crippen LogP contribution in [-0.4, -0.2) is 44.4 Å². The van der Waals surface area contributed by atoms with Crippen molar-refractivity contribution in [1.82, 2.24) is 15.3 Å².